The lowest BCUT2D eigenvalue weighted by atomic mass is 10.2. The van der Waals surface area contributed by atoms with Crippen LogP contribution in [0.5, 0.6) is 5.75 Å². The van der Waals surface area contributed by atoms with Crippen LogP contribution in [-0.2, 0) is 4.79 Å². The van der Waals surface area contributed by atoms with Crippen molar-refractivity contribution in [2.75, 3.05) is 7.11 Å². The topological polar surface area (TPSA) is 51.5 Å². The van der Waals surface area contributed by atoms with Gasteiger partial charge in [0.15, 0.2) is 0 Å². The van der Waals surface area contributed by atoms with Gasteiger partial charge in [-0.05, 0) is 24.3 Å². The first-order valence-corrected chi connectivity index (χ1v) is 6.70. The van der Waals surface area contributed by atoms with Crippen LogP contribution in [0.15, 0.2) is 33.6 Å². The molecule has 0 atom stereocenters. The number of hydrogen-bond acceptors (Lipinski definition) is 5. The molecule has 0 spiro atoms. The summed E-state index contributed by atoms with van der Waals surface area (Å²) in [6, 6.07) is 7.41. The average Bonchev–Trinajstić information content (AvgIpc) is 2.91. The summed E-state index contributed by atoms with van der Waals surface area (Å²) in [5.74, 6) is 1.19. The molecule has 3 rings (SSSR count). The molecule has 1 amide bonds. The molecule has 0 aliphatic carbocycles. The maximum atomic E-state index is 11.6. The predicted molar refractivity (Wildman–Crippen MR) is 79.1 cm³/mol. The number of hydrogen-bond donors (Lipinski definition) is 1. The van der Waals surface area contributed by atoms with Crippen molar-refractivity contribution < 1.29 is 13.9 Å². The summed E-state index contributed by atoms with van der Waals surface area (Å²) in [6.07, 6.45) is 1.69. The van der Waals surface area contributed by atoms with Crippen LogP contribution in [0, 0.1) is 0 Å². The number of rotatable bonds is 2. The summed E-state index contributed by atoms with van der Waals surface area (Å²) in [4.78, 5) is 12.1. The SMILES string of the molecule is COc1ccc2oc(/C=C3/SC(=S)NC3=O)cc2c1. The van der Waals surface area contributed by atoms with E-state index in [1.54, 1.807) is 13.2 Å². The molecule has 1 N–H and O–H groups in total. The monoisotopic (exact) mass is 291 g/mol. The van der Waals surface area contributed by atoms with E-state index in [1.807, 2.05) is 24.3 Å². The van der Waals surface area contributed by atoms with Crippen LogP contribution in [0.2, 0.25) is 0 Å². The molecule has 1 saturated heterocycles. The van der Waals surface area contributed by atoms with Crippen molar-refractivity contribution >= 4 is 51.3 Å². The number of methoxy groups -OCH3 is 1. The highest BCUT2D eigenvalue weighted by Crippen LogP contribution is 2.29. The number of benzene rings is 1. The van der Waals surface area contributed by atoms with Crippen molar-refractivity contribution in [2.24, 2.45) is 0 Å². The van der Waals surface area contributed by atoms with Gasteiger partial charge in [-0.2, -0.15) is 0 Å². The minimum Gasteiger partial charge on any atom is -0.497 e. The fourth-order valence-corrected chi connectivity index (χ4v) is 2.81. The third-order valence-electron chi connectivity index (χ3n) is 2.66. The number of carbonyl (C=O) groups is 1. The molecule has 2 heterocycles. The van der Waals surface area contributed by atoms with Crippen LogP contribution in [0.4, 0.5) is 0 Å². The van der Waals surface area contributed by atoms with Crippen LogP contribution in [0.1, 0.15) is 5.76 Å². The molecule has 1 fully saturated rings. The van der Waals surface area contributed by atoms with Gasteiger partial charge in [-0.3, -0.25) is 4.79 Å². The molecule has 1 aromatic carbocycles. The van der Waals surface area contributed by atoms with Gasteiger partial charge in [0, 0.05) is 11.5 Å². The molecule has 1 aromatic heterocycles. The molecular formula is C13H9NO3S2. The highest BCUT2D eigenvalue weighted by atomic mass is 32.2. The summed E-state index contributed by atoms with van der Waals surface area (Å²) in [6.45, 7) is 0. The quantitative estimate of drug-likeness (QED) is 0.681. The third-order valence-corrected chi connectivity index (χ3v) is 3.82. The smallest absolute Gasteiger partial charge is 0.263 e. The maximum absolute atomic E-state index is 11.6. The van der Waals surface area contributed by atoms with Gasteiger partial charge in [-0.1, -0.05) is 24.0 Å². The van der Waals surface area contributed by atoms with Crippen molar-refractivity contribution in [1.29, 1.82) is 0 Å². The Morgan fingerprint density at radius 1 is 1.42 bits per heavy atom. The molecule has 6 heteroatoms. The maximum Gasteiger partial charge on any atom is 0.263 e. The van der Waals surface area contributed by atoms with Gasteiger partial charge in [0.25, 0.3) is 5.91 Å². The Kier molecular flexibility index (Phi) is 3.04. The molecule has 96 valence electrons. The van der Waals surface area contributed by atoms with Gasteiger partial charge in [0.05, 0.1) is 12.0 Å². The molecule has 4 nitrogen and oxygen atoms in total. The Morgan fingerprint density at radius 2 is 2.26 bits per heavy atom. The van der Waals surface area contributed by atoms with E-state index in [-0.39, 0.29) is 5.91 Å². The summed E-state index contributed by atoms with van der Waals surface area (Å²) in [5, 5.41) is 3.49. The molecule has 0 unspecified atom stereocenters. The van der Waals surface area contributed by atoms with Gasteiger partial charge < -0.3 is 14.5 Å². The Labute approximate surface area is 118 Å². The van der Waals surface area contributed by atoms with E-state index in [9.17, 15) is 4.79 Å². The van der Waals surface area contributed by atoms with Gasteiger partial charge in [-0.15, -0.1) is 0 Å². The van der Waals surface area contributed by atoms with Crippen molar-refractivity contribution in [3.63, 3.8) is 0 Å². The lowest BCUT2D eigenvalue weighted by Crippen LogP contribution is -2.17. The average molecular weight is 291 g/mol. The van der Waals surface area contributed by atoms with E-state index in [0.29, 0.717) is 15.0 Å². The van der Waals surface area contributed by atoms with E-state index >= 15 is 0 Å². The lowest BCUT2D eigenvalue weighted by molar-refractivity contribution is -0.115. The molecule has 0 radical (unpaired) electrons. The van der Waals surface area contributed by atoms with E-state index in [0.717, 1.165) is 16.7 Å². The number of thioether (sulfide) groups is 1. The second kappa shape index (κ2) is 4.71. The molecule has 0 saturated carbocycles. The number of furan rings is 1. The summed E-state index contributed by atoms with van der Waals surface area (Å²) < 4.78 is 11.3. The van der Waals surface area contributed by atoms with Crippen LogP contribution in [-0.4, -0.2) is 17.3 Å². The number of nitrogens with one attached hydrogen (secondary N) is 1. The van der Waals surface area contributed by atoms with E-state index in [2.05, 4.69) is 5.32 Å². The van der Waals surface area contributed by atoms with E-state index < -0.39 is 0 Å². The summed E-state index contributed by atoms with van der Waals surface area (Å²) in [7, 11) is 1.62. The Morgan fingerprint density at radius 3 is 2.95 bits per heavy atom. The van der Waals surface area contributed by atoms with Crippen LogP contribution < -0.4 is 10.1 Å². The molecular weight excluding hydrogens is 282 g/mol. The Bertz CT molecular complexity index is 718. The lowest BCUT2D eigenvalue weighted by Gasteiger charge is -1.96. The van der Waals surface area contributed by atoms with E-state index in [1.165, 1.54) is 11.8 Å². The Hall–Kier alpha value is -1.79. The zero-order valence-corrected chi connectivity index (χ0v) is 11.6. The Balaban J connectivity index is 2.00. The molecule has 1 aliphatic heterocycles. The number of ether oxygens (including phenoxy) is 1. The normalized spacial score (nSPS) is 17.2. The highest BCUT2D eigenvalue weighted by molar-refractivity contribution is 8.26. The first-order valence-electron chi connectivity index (χ1n) is 5.48. The van der Waals surface area contributed by atoms with Gasteiger partial charge in [0.1, 0.15) is 21.4 Å². The molecule has 0 bridgehead atoms. The van der Waals surface area contributed by atoms with Crippen LogP contribution >= 0.6 is 24.0 Å². The zero-order chi connectivity index (χ0) is 13.4. The first-order chi connectivity index (χ1) is 9.15. The van der Waals surface area contributed by atoms with E-state index in [4.69, 9.17) is 21.4 Å². The van der Waals surface area contributed by atoms with Crippen molar-refractivity contribution in [2.45, 2.75) is 0 Å². The van der Waals surface area contributed by atoms with Crippen molar-refractivity contribution in [1.82, 2.24) is 5.32 Å². The zero-order valence-electron chi connectivity index (χ0n) is 9.93. The summed E-state index contributed by atoms with van der Waals surface area (Å²) in [5.41, 5.74) is 0.749. The van der Waals surface area contributed by atoms with Crippen LogP contribution in [0.25, 0.3) is 17.0 Å². The minimum absolute atomic E-state index is 0.187. The minimum atomic E-state index is -0.187. The third kappa shape index (κ3) is 2.36. The number of fused-ring (bicyclic) bond motifs is 1. The second-order valence-corrected chi connectivity index (χ2v) is 5.62. The van der Waals surface area contributed by atoms with Gasteiger partial charge >= 0.3 is 0 Å². The van der Waals surface area contributed by atoms with Crippen molar-refractivity contribution in [3.8, 4) is 5.75 Å². The van der Waals surface area contributed by atoms with Crippen molar-refractivity contribution in [3.05, 3.63) is 34.9 Å². The largest absolute Gasteiger partial charge is 0.497 e. The molecule has 2 aromatic rings. The fourth-order valence-electron chi connectivity index (χ4n) is 1.79. The standard InChI is InChI=1S/C13H9NO3S2/c1-16-8-2-3-10-7(4-8)5-9(17-10)6-11-12(15)14-13(18)19-11/h2-6H,1H3,(H,14,15,18)/b11-6+. The van der Waals surface area contributed by atoms with Gasteiger partial charge in [0.2, 0.25) is 0 Å². The fraction of sp³-hybridized carbons (Fsp3) is 0.0769. The molecule has 1 aliphatic rings. The second-order valence-electron chi connectivity index (χ2n) is 3.90. The van der Waals surface area contributed by atoms with Crippen LogP contribution in [0.3, 0.4) is 0 Å². The number of amides is 1. The number of carbonyl (C=O) groups excluding carboxylic acids is 1. The first kappa shape index (κ1) is 12.3. The number of thiocarbonyl (C=S) groups is 1. The summed E-state index contributed by atoms with van der Waals surface area (Å²) >= 11 is 6.16. The highest BCUT2D eigenvalue weighted by Gasteiger charge is 2.22. The predicted octanol–water partition coefficient (Wildman–Crippen LogP) is 2.93. The van der Waals surface area contributed by atoms with Gasteiger partial charge in [-0.25, -0.2) is 0 Å². The molecule has 19 heavy (non-hydrogen) atoms.